The highest BCUT2D eigenvalue weighted by Gasteiger charge is 2.29. The Labute approximate surface area is 161 Å². The first-order valence-electron chi connectivity index (χ1n) is 9.47. The molecule has 2 amide bonds. The lowest BCUT2D eigenvalue weighted by atomic mass is 9.90. The molecule has 1 aliphatic rings. The zero-order valence-electron chi connectivity index (χ0n) is 17.3. The molecule has 1 rings (SSSR count). The van der Waals surface area contributed by atoms with Crippen LogP contribution in [0.3, 0.4) is 0 Å². The number of rotatable bonds is 5. The molecule has 1 fully saturated rings. The molecular weight excluding hydrogens is 352 g/mol. The number of carbonyl (C=O) groups excluding carboxylic acids is 2. The predicted octanol–water partition coefficient (Wildman–Crippen LogP) is 3.39. The number of piperidine rings is 1. The fourth-order valence-electron chi connectivity index (χ4n) is 2.84. The Morgan fingerprint density at radius 3 is 2.00 bits per heavy atom. The van der Waals surface area contributed by atoms with Crippen molar-refractivity contribution in [2.45, 2.75) is 84.5 Å². The number of nitrogens with zero attached hydrogens (tertiary/aromatic N) is 1. The lowest BCUT2D eigenvalue weighted by Gasteiger charge is -2.33. The first-order chi connectivity index (χ1) is 12.3. The Kier molecular flexibility index (Phi) is 7.92. The van der Waals surface area contributed by atoms with E-state index in [-0.39, 0.29) is 6.09 Å². The molecule has 1 heterocycles. The van der Waals surface area contributed by atoms with Crippen LogP contribution in [0, 0.1) is 5.92 Å². The zero-order valence-corrected chi connectivity index (χ0v) is 17.3. The number of ether oxygens (including phenoxy) is 2. The van der Waals surface area contributed by atoms with Crippen LogP contribution in [0.25, 0.3) is 0 Å². The molecule has 0 unspecified atom stereocenters. The molecule has 0 saturated carbocycles. The molecule has 0 aromatic carbocycles. The molecule has 1 atom stereocenters. The van der Waals surface area contributed by atoms with Gasteiger partial charge in [0.1, 0.15) is 17.2 Å². The highest BCUT2D eigenvalue weighted by Crippen LogP contribution is 2.24. The number of alkyl carbamates (subject to hydrolysis) is 1. The number of carboxylic acids is 1. The van der Waals surface area contributed by atoms with Crippen LogP contribution in [0.1, 0.15) is 67.2 Å². The summed E-state index contributed by atoms with van der Waals surface area (Å²) >= 11 is 0. The number of aliphatic carboxylic acids is 1. The van der Waals surface area contributed by atoms with Gasteiger partial charge in [-0.15, -0.1) is 0 Å². The third-order valence-corrected chi connectivity index (χ3v) is 4.12. The van der Waals surface area contributed by atoms with E-state index in [1.807, 2.05) is 20.8 Å². The maximum absolute atomic E-state index is 12.1. The summed E-state index contributed by atoms with van der Waals surface area (Å²) in [7, 11) is 0. The number of likely N-dealkylation sites (tertiary alicyclic amines) is 1. The van der Waals surface area contributed by atoms with Gasteiger partial charge in [0, 0.05) is 13.1 Å². The van der Waals surface area contributed by atoms with E-state index in [9.17, 15) is 19.5 Å². The predicted molar refractivity (Wildman–Crippen MR) is 101 cm³/mol. The standard InChI is InChI=1S/C19H34N2O6/c1-18(2,3)26-16(24)20-14(15(22)23)8-7-13-9-11-21(12-10-13)17(25)27-19(4,5)6/h13-14H,7-12H2,1-6H3,(H,20,24)(H,22,23)/t14-/m1/s1. The van der Waals surface area contributed by atoms with Gasteiger partial charge in [-0.1, -0.05) is 0 Å². The van der Waals surface area contributed by atoms with Crippen molar-refractivity contribution in [1.29, 1.82) is 0 Å². The van der Waals surface area contributed by atoms with Crippen LogP contribution in [0.15, 0.2) is 0 Å². The molecule has 8 heteroatoms. The second-order valence-electron chi connectivity index (χ2n) is 9.03. The third-order valence-electron chi connectivity index (χ3n) is 4.12. The number of hydrogen-bond acceptors (Lipinski definition) is 5. The Balaban J connectivity index is 2.43. The summed E-state index contributed by atoms with van der Waals surface area (Å²) in [5.74, 6) is -0.766. The van der Waals surface area contributed by atoms with Gasteiger partial charge in [-0.05, 0) is 73.1 Å². The molecule has 156 valence electrons. The Hall–Kier alpha value is -1.99. The number of nitrogens with one attached hydrogen (secondary N) is 1. The van der Waals surface area contributed by atoms with Crippen molar-refractivity contribution >= 4 is 18.2 Å². The quantitative estimate of drug-likeness (QED) is 0.750. The summed E-state index contributed by atoms with van der Waals surface area (Å²) < 4.78 is 10.5. The SMILES string of the molecule is CC(C)(C)OC(=O)N[C@H](CCC1CCN(C(=O)OC(C)(C)C)CC1)C(=O)O. The normalized spacial score (nSPS) is 17.2. The van der Waals surface area contributed by atoms with Crippen LogP contribution in [-0.2, 0) is 14.3 Å². The third kappa shape index (κ3) is 9.49. The topological polar surface area (TPSA) is 105 Å². The monoisotopic (exact) mass is 386 g/mol. The van der Waals surface area contributed by atoms with Gasteiger partial charge in [-0.3, -0.25) is 0 Å². The molecule has 1 aliphatic heterocycles. The molecule has 8 nitrogen and oxygen atoms in total. The molecule has 0 bridgehead atoms. The molecule has 0 aromatic heterocycles. The van der Waals surface area contributed by atoms with Gasteiger partial charge < -0.3 is 24.8 Å². The summed E-state index contributed by atoms with van der Waals surface area (Å²) in [4.78, 5) is 37.0. The number of hydrogen-bond donors (Lipinski definition) is 2. The highest BCUT2D eigenvalue weighted by atomic mass is 16.6. The van der Waals surface area contributed by atoms with Crippen molar-refractivity contribution in [2.75, 3.05) is 13.1 Å². The second-order valence-corrected chi connectivity index (χ2v) is 9.03. The van der Waals surface area contributed by atoms with E-state index < -0.39 is 29.3 Å². The van der Waals surface area contributed by atoms with Crippen molar-refractivity contribution < 1.29 is 29.0 Å². The Morgan fingerprint density at radius 2 is 1.56 bits per heavy atom. The number of carbonyl (C=O) groups is 3. The van der Waals surface area contributed by atoms with Crippen molar-refractivity contribution in [3.8, 4) is 0 Å². The van der Waals surface area contributed by atoms with E-state index in [4.69, 9.17) is 9.47 Å². The minimum atomic E-state index is -1.08. The highest BCUT2D eigenvalue weighted by molar-refractivity contribution is 5.79. The summed E-state index contributed by atoms with van der Waals surface area (Å²) in [6, 6.07) is -0.983. The van der Waals surface area contributed by atoms with Crippen molar-refractivity contribution in [1.82, 2.24) is 10.2 Å². The smallest absolute Gasteiger partial charge is 0.410 e. The average molecular weight is 386 g/mol. The zero-order chi connectivity index (χ0) is 20.8. The Bertz CT molecular complexity index is 527. The van der Waals surface area contributed by atoms with Gasteiger partial charge in [-0.25, -0.2) is 14.4 Å². The van der Waals surface area contributed by atoms with E-state index in [1.54, 1.807) is 25.7 Å². The van der Waals surface area contributed by atoms with Crippen LogP contribution in [-0.4, -0.2) is 58.5 Å². The number of carboxylic acid groups (broad SMARTS) is 1. The average Bonchev–Trinajstić information content (AvgIpc) is 2.48. The van der Waals surface area contributed by atoms with E-state index in [2.05, 4.69) is 5.32 Å². The minimum Gasteiger partial charge on any atom is -0.480 e. The van der Waals surface area contributed by atoms with Crippen LogP contribution >= 0.6 is 0 Å². The molecule has 2 N–H and O–H groups in total. The van der Waals surface area contributed by atoms with Gasteiger partial charge in [0.2, 0.25) is 0 Å². The molecular formula is C19H34N2O6. The molecule has 27 heavy (non-hydrogen) atoms. The van der Waals surface area contributed by atoms with E-state index >= 15 is 0 Å². The summed E-state index contributed by atoms with van der Waals surface area (Å²) in [5, 5.41) is 11.8. The molecule has 0 spiro atoms. The number of amides is 2. The van der Waals surface area contributed by atoms with Crippen LogP contribution in [0.4, 0.5) is 9.59 Å². The Morgan fingerprint density at radius 1 is 1.04 bits per heavy atom. The first kappa shape index (κ1) is 23.0. The van der Waals surface area contributed by atoms with Crippen LogP contribution in [0.5, 0.6) is 0 Å². The lowest BCUT2D eigenvalue weighted by Crippen LogP contribution is -2.44. The summed E-state index contributed by atoms with van der Waals surface area (Å²) in [6.07, 6.45) is 1.53. The fraction of sp³-hybridized carbons (Fsp3) is 0.842. The van der Waals surface area contributed by atoms with Gasteiger partial charge in [0.05, 0.1) is 0 Å². The van der Waals surface area contributed by atoms with Gasteiger partial charge in [-0.2, -0.15) is 0 Å². The fourth-order valence-corrected chi connectivity index (χ4v) is 2.84. The molecule has 0 radical (unpaired) electrons. The second kappa shape index (κ2) is 9.28. The molecule has 0 aromatic rings. The summed E-state index contributed by atoms with van der Waals surface area (Å²) in [5.41, 5.74) is -1.20. The maximum atomic E-state index is 12.1. The van der Waals surface area contributed by atoms with Gasteiger partial charge in [0.15, 0.2) is 0 Å². The van der Waals surface area contributed by atoms with E-state index in [0.29, 0.717) is 31.8 Å². The van der Waals surface area contributed by atoms with Crippen LogP contribution in [0.2, 0.25) is 0 Å². The first-order valence-corrected chi connectivity index (χ1v) is 9.47. The molecule has 0 aliphatic carbocycles. The van der Waals surface area contributed by atoms with Crippen molar-refractivity contribution in [3.63, 3.8) is 0 Å². The lowest BCUT2D eigenvalue weighted by molar-refractivity contribution is -0.139. The maximum Gasteiger partial charge on any atom is 0.410 e. The van der Waals surface area contributed by atoms with E-state index in [1.165, 1.54) is 0 Å². The van der Waals surface area contributed by atoms with Gasteiger partial charge >= 0.3 is 18.2 Å². The largest absolute Gasteiger partial charge is 0.480 e. The minimum absolute atomic E-state index is 0.309. The summed E-state index contributed by atoms with van der Waals surface area (Å²) in [6.45, 7) is 11.9. The molecule has 1 saturated heterocycles. The van der Waals surface area contributed by atoms with Crippen molar-refractivity contribution in [2.24, 2.45) is 5.92 Å². The van der Waals surface area contributed by atoms with Crippen LogP contribution < -0.4 is 5.32 Å². The van der Waals surface area contributed by atoms with Gasteiger partial charge in [0.25, 0.3) is 0 Å². The van der Waals surface area contributed by atoms with Crippen molar-refractivity contribution in [3.05, 3.63) is 0 Å². The van der Waals surface area contributed by atoms with E-state index in [0.717, 1.165) is 12.8 Å².